The quantitative estimate of drug-likeness (QED) is 0.800. The van der Waals surface area contributed by atoms with Crippen molar-refractivity contribution in [2.45, 2.75) is 30.4 Å². The van der Waals surface area contributed by atoms with E-state index in [1.807, 2.05) is 26.0 Å². The largest absolute Gasteiger partial charge is 0.395 e. The van der Waals surface area contributed by atoms with Crippen molar-refractivity contribution in [2.75, 3.05) is 6.61 Å². The zero-order valence-corrected chi connectivity index (χ0v) is 9.95. The van der Waals surface area contributed by atoms with Crippen molar-refractivity contribution >= 4 is 11.8 Å². The van der Waals surface area contributed by atoms with Crippen LogP contribution in [0.4, 0.5) is 0 Å². The minimum atomic E-state index is 0.0615. The van der Waals surface area contributed by atoms with Gasteiger partial charge in [-0.05, 0) is 24.6 Å². The van der Waals surface area contributed by atoms with Crippen molar-refractivity contribution in [3.63, 3.8) is 0 Å². The summed E-state index contributed by atoms with van der Waals surface area (Å²) in [7, 11) is 0. The van der Waals surface area contributed by atoms with Gasteiger partial charge in [0.05, 0.1) is 6.61 Å². The number of hydrogen-bond donors (Lipinski definition) is 2. The van der Waals surface area contributed by atoms with Crippen LogP contribution in [0, 0.1) is 0 Å². The average Bonchev–Trinajstić information content (AvgIpc) is 2.26. The van der Waals surface area contributed by atoms with Crippen molar-refractivity contribution in [3.8, 4) is 0 Å². The van der Waals surface area contributed by atoms with Crippen LogP contribution < -0.4 is 5.73 Å². The molecule has 84 valence electrons. The van der Waals surface area contributed by atoms with Gasteiger partial charge in [-0.25, -0.2) is 0 Å². The highest BCUT2D eigenvalue weighted by Gasteiger charge is 2.19. The maximum Gasteiger partial charge on any atom is 0.0547 e. The smallest absolute Gasteiger partial charge is 0.0547 e. The van der Waals surface area contributed by atoms with Crippen LogP contribution in [-0.2, 0) is 0 Å². The Balaban J connectivity index is 2.75. The number of aliphatic hydroxyl groups excluding tert-OH is 1. The van der Waals surface area contributed by atoms with E-state index in [1.165, 1.54) is 5.56 Å². The Labute approximate surface area is 95.1 Å². The molecule has 1 aromatic rings. The van der Waals surface area contributed by atoms with Gasteiger partial charge < -0.3 is 10.8 Å². The van der Waals surface area contributed by atoms with Crippen LogP contribution in [-0.4, -0.2) is 28.0 Å². The molecule has 0 aromatic carbocycles. The molecule has 0 aliphatic heterocycles. The zero-order valence-electron chi connectivity index (χ0n) is 9.13. The van der Waals surface area contributed by atoms with Crippen molar-refractivity contribution in [1.29, 1.82) is 0 Å². The van der Waals surface area contributed by atoms with Gasteiger partial charge in [0.1, 0.15) is 0 Å². The van der Waals surface area contributed by atoms with E-state index in [-0.39, 0.29) is 23.1 Å². The molecule has 0 radical (unpaired) electrons. The molecule has 1 aromatic heterocycles. The Morgan fingerprint density at radius 2 is 2.00 bits per heavy atom. The summed E-state index contributed by atoms with van der Waals surface area (Å²) in [5.74, 6) is 0. The number of nitrogens with two attached hydrogens (primary N) is 1. The fourth-order valence-electron chi connectivity index (χ4n) is 1.35. The molecule has 0 fully saturated rings. The Hall–Kier alpha value is -0.580. The molecule has 0 bridgehead atoms. The number of rotatable bonds is 5. The van der Waals surface area contributed by atoms with Gasteiger partial charge >= 0.3 is 0 Å². The second kappa shape index (κ2) is 6.10. The van der Waals surface area contributed by atoms with Crippen LogP contribution in [0.2, 0.25) is 0 Å². The summed E-state index contributed by atoms with van der Waals surface area (Å²) >= 11 is 1.70. The summed E-state index contributed by atoms with van der Waals surface area (Å²) in [5.41, 5.74) is 7.12. The fraction of sp³-hybridized carbons (Fsp3) is 0.545. The third kappa shape index (κ3) is 3.81. The van der Waals surface area contributed by atoms with Gasteiger partial charge in [-0.2, -0.15) is 0 Å². The van der Waals surface area contributed by atoms with Crippen LogP contribution in [0.15, 0.2) is 24.5 Å². The molecule has 3 nitrogen and oxygen atoms in total. The molecule has 3 N–H and O–H groups in total. The molecule has 0 saturated carbocycles. The Morgan fingerprint density at radius 1 is 1.40 bits per heavy atom. The predicted molar refractivity (Wildman–Crippen MR) is 64.8 cm³/mol. The van der Waals surface area contributed by atoms with Crippen LogP contribution in [0.1, 0.15) is 24.7 Å². The molecule has 1 rings (SSSR count). The highest BCUT2D eigenvalue weighted by molar-refractivity contribution is 8.00. The molecule has 0 saturated heterocycles. The van der Waals surface area contributed by atoms with Crippen LogP contribution >= 0.6 is 11.8 Å². The Bertz CT molecular complexity index is 279. The summed E-state index contributed by atoms with van der Waals surface area (Å²) < 4.78 is 0. The van der Waals surface area contributed by atoms with Crippen LogP contribution in [0.5, 0.6) is 0 Å². The first-order valence-corrected chi connectivity index (χ1v) is 6.01. The second-order valence-electron chi connectivity index (χ2n) is 3.69. The number of thioether (sulfide) groups is 1. The molecular weight excluding hydrogens is 208 g/mol. The molecule has 0 spiro atoms. The zero-order chi connectivity index (χ0) is 11.3. The van der Waals surface area contributed by atoms with E-state index in [0.717, 1.165) is 0 Å². The SMILES string of the molecule is CC(CO)SC(c1ccncc1)C(C)N. The van der Waals surface area contributed by atoms with Gasteiger partial charge in [0.2, 0.25) is 0 Å². The maximum absolute atomic E-state index is 9.04. The lowest BCUT2D eigenvalue weighted by Gasteiger charge is -2.23. The molecule has 1 heterocycles. The number of pyridine rings is 1. The van der Waals surface area contributed by atoms with E-state index in [4.69, 9.17) is 10.8 Å². The van der Waals surface area contributed by atoms with Crippen LogP contribution in [0.3, 0.4) is 0 Å². The summed E-state index contributed by atoms with van der Waals surface area (Å²) in [6, 6.07) is 4.02. The van der Waals surface area contributed by atoms with Gasteiger partial charge in [-0.3, -0.25) is 4.98 Å². The van der Waals surface area contributed by atoms with Gasteiger partial charge in [-0.15, -0.1) is 11.8 Å². The third-order valence-electron chi connectivity index (χ3n) is 2.15. The van der Waals surface area contributed by atoms with Crippen molar-refractivity contribution < 1.29 is 5.11 Å². The van der Waals surface area contributed by atoms with Crippen molar-refractivity contribution in [1.82, 2.24) is 4.98 Å². The first-order chi connectivity index (χ1) is 7.15. The normalized spacial score (nSPS) is 17.1. The van der Waals surface area contributed by atoms with Crippen molar-refractivity contribution in [3.05, 3.63) is 30.1 Å². The molecular formula is C11H18N2OS. The third-order valence-corrected chi connectivity index (χ3v) is 3.76. The lowest BCUT2D eigenvalue weighted by molar-refractivity contribution is 0.299. The van der Waals surface area contributed by atoms with E-state index in [1.54, 1.807) is 24.2 Å². The first kappa shape index (κ1) is 12.5. The fourth-order valence-corrected chi connectivity index (χ4v) is 2.50. The van der Waals surface area contributed by atoms with Gasteiger partial charge in [0.15, 0.2) is 0 Å². The second-order valence-corrected chi connectivity index (χ2v) is 5.27. The molecule has 15 heavy (non-hydrogen) atoms. The highest BCUT2D eigenvalue weighted by Crippen LogP contribution is 2.33. The summed E-state index contributed by atoms with van der Waals surface area (Å²) in [6.07, 6.45) is 3.55. The Morgan fingerprint density at radius 3 is 2.47 bits per heavy atom. The highest BCUT2D eigenvalue weighted by atomic mass is 32.2. The summed E-state index contributed by atoms with van der Waals surface area (Å²) in [6.45, 7) is 4.17. The van der Waals surface area contributed by atoms with Crippen molar-refractivity contribution in [2.24, 2.45) is 5.73 Å². The topological polar surface area (TPSA) is 59.1 Å². The molecule has 0 aliphatic rings. The van der Waals surface area contributed by atoms with E-state index in [9.17, 15) is 0 Å². The maximum atomic E-state index is 9.04. The molecule has 3 atom stereocenters. The van der Waals surface area contributed by atoms with Gasteiger partial charge in [0.25, 0.3) is 0 Å². The number of aromatic nitrogens is 1. The lowest BCUT2D eigenvalue weighted by Crippen LogP contribution is -2.24. The number of nitrogens with zero attached hydrogens (tertiary/aromatic N) is 1. The molecule has 3 unspecified atom stereocenters. The average molecular weight is 226 g/mol. The molecule has 0 amide bonds. The minimum absolute atomic E-state index is 0.0615. The first-order valence-electron chi connectivity index (χ1n) is 5.07. The summed E-state index contributed by atoms with van der Waals surface area (Å²) in [4.78, 5) is 3.99. The van der Waals surface area contributed by atoms with Gasteiger partial charge in [-0.1, -0.05) is 6.92 Å². The number of hydrogen-bond acceptors (Lipinski definition) is 4. The van der Waals surface area contributed by atoms with E-state index >= 15 is 0 Å². The Kier molecular flexibility index (Phi) is 5.08. The standard InChI is InChI=1S/C11H18N2OS/c1-8(7-14)15-11(9(2)12)10-3-5-13-6-4-10/h3-6,8-9,11,14H,7,12H2,1-2H3. The molecule has 0 aliphatic carbocycles. The van der Waals surface area contributed by atoms with E-state index in [0.29, 0.717) is 0 Å². The van der Waals surface area contributed by atoms with Gasteiger partial charge in [0, 0.05) is 28.9 Å². The van der Waals surface area contributed by atoms with E-state index < -0.39 is 0 Å². The molecule has 4 heteroatoms. The minimum Gasteiger partial charge on any atom is -0.395 e. The number of aliphatic hydroxyl groups is 1. The lowest BCUT2D eigenvalue weighted by atomic mass is 10.1. The van der Waals surface area contributed by atoms with E-state index in [2.05, 4.69) is 4.98 Å². The summed E-state index contributed by atoms with van der Waals surface area (Å²) in [5, 5.41) is 9.46. The van der Waals surface area contributed by atoms with Crippen LogP contribution in [0.25, 0.3) is 0 Å². The monoisotopic (exact) mass is 226 g/mol. The predicted octanol–water partition coefficient (Wildman–Crippen LogP) is 1.58.